The van der Waals surface area contributed by atoms with Crippen molar-refractivity contribution in [2.75, 3.05) is 32.8 Å². The van der Waals surface area contributed by atoms with E-state index in [0.717, 1.165) is 13.1 Å². The van der Waals surface area contributed by atoms with Gasteiger partial charge in [0.15, 0.2) is 11.5 Å². The number of carbonyl (C=O) groups is 1. The Morgan fingerprint density at radius 2 is 2.23 bits per heavy atom. The van der Waals surface area contributed by atoms with E-state index in [2.05, 4.69) is 17.6 Å². The van der Waals surface area contributed by atoms with E-state index in [4.69, 9.17) is 21.1 Å². The van der Waals surface area contributed by atoms with Gasteiger partial charge in [0.1, 0.15) is 13.2 Å². The molecule has 3 unspecified atom stereocenters. The molecule has 3 atom stereocenters. The first-order chi connectivity index (χ1) is 12.5. The lowest BCUT2D eigenvalue weighted by Crippen LogP contribution is -2.36. The Bertz CT molecular complexity index is 634. The number of fused-ring (bicyclic) bond motifs is 1. The van der Waals surface area contributed by atoms with Crippen molar-refractivity contribution in [2.45, 2.75) is 32.3 Å². The van der Waals surface area contributed by atoms with Gasteiger partial charge in [0, 0.05) is 13.0 Å². The molecule has 1 fully saturated rings. The lowest BCUT2D eigenvalue weighted by Gasteiger charge is -2.28. The second kappa shape index (κ2) is 8.93. The second-order valence-corrected chi connectivity index (χ2v) is 7.54. The zero-order valence-electron chi connectivity index (χ0n) is 15.1. The molecule has 7 heteroatoms. The van der Waals surface area contributed by atoms with Crippen molar-refractivity contribution in [1.82, 2.24) is 10.6 Å². The number of rotatable bonds is 6. The molecule has 1 saturated heterocycles. The van der Waals surface area contributed by atoms with E-state index < -0.39 is 6.10 Å². The third-order valence-electron chi connectivity index (χ3n) is 5.14. The number of halogens is 1. The van der Waals surface area contributed by atoms with E-state index in [1.165, 1.54) is 12.8 Å². The summed E-state index contributed by atoms with van der Waals surface area (Å²) in [6.07, 6.45) is 1.96. The second-order valence-electron chi connectivity index (χ2n) is 7.13. The molecule has 3 rings (SSSR count). The molecule has 0 bridgehead atoms. The van der Waals surface area contributed by atoms with Gasteiger partial charge in [-0.15, -0.1) is 0 Å². The Kier molecular flexibility index (Phi) is 6.62. The van der Waals surface area contributed by atoms with Gasteiger partial charge < -0.3 is 25.2 Å². The summed E-state index contributed by atoms with van der Waals surface area (Å²) in [7, 11) is 0. The molecule has 144 valence electrons. The first-order valence-corrected chi connectivity index (χ1v) is 9.67. The zero-order chi connectivity index (χ0) is 18.5. The molecule has 2 aliphatic rings. The predicted octanol–water partition coefficient (Wildman–Crippen LogP) is 2.29. The molecule has 0 aliphatic carbocycles. The molecule has 0 saturated carbocycles. The average molecular weight is 383 g/mol. The fraction of sp³-hybridized carbons (Fsp3) is 0.632. The van der Waals surface area contributed by atoms with E-state index in [1.54, 1.807) is 12.1 Å². The van der Waals surface area contributed by atoms with Crippen molar-refractivity contribution in [3.63, 3.8) is 0 Å². The molecule has 0 radical (unpaired) electrons. The molecule has 26 heavy (non-hydrogen) atoms. The highest BCUT2D eigenvalue weighted by Crippen LogP contribution is 2.39. The summed E-state index contributed by atoms with van der Waals surface area (Å²) in [5.74, 6) is 1.86. The summed E-state index contributed by atoms with van der Waals surface area (Å²) in [6.45, 7) is 5.22. The van der Waals surface area contributed by atoms with E-state index in [9.17, 15) is 9.90 Å². The van der Waals surface area contributed by atoms with Gasteiger partial charge in [-0.25, -0.2) is 0 Å². The minimum atomic E-state index is -0.848. The number of nitrogens with one attached hydrogen (secondary N) is 2. The number of amides is 1. The molecule has 3 N–H and O–H groups in total. The Balaban J connectivity index is 1.51. The van der Waals surface area contributed by atoms with Crippen LogP contribution in [0.3, 0.4) is 0 Å². The van der Waals surface area contributed by atoms with Crippen molar-refractivity contribution < 1.29 is 19.4 Å². The molecular formula is C19H27ClN2O4. The van der Waals surface area contributed by atoms with Gasteiger partial charge in [0.05, 0.1) is 11.1 Å². The van der Waals surface area contributed by atoms with Crippen molar-refractivity contribution in [3.8, 4) is 11.5 Å². The van der Waals surface area contributed by atoms with Crippen LogP contribution in [0.1, 0.15) is 37.9 Å². The van der Waals surface area contributed by atoms with Crippen molar-refractivity contribution >= 4 is 17.5 Å². The molecule has 6 nitrogen and oxygen atoms in total. The van der Waals surface area contributed by atoms with Crippen molar-refractivity contribution in [1.29, 1.82) is 0 Å². The van der Waals surface area contributed by atoms with Crippen LogP contribution in [-0.4, -0.2) is 43.9 Å². The molecule has 2 aliphatic heterocycles. The number of piperidine rings is 1. The minimum absolute atomic E-state index is 0.0363. The quantitative estimate of drug-likeness (QED) is 0.703. The Morgan fingerprint density at radius 1 is 1.42 bits per heavy atom. The van der Waals surface area contributed by atoms with Gasteiger partial charge >= 0.3 is 0 Å². The van der Waals surface area contributed by atoms with Gasteiger partial charge in [0.2, 0.25) is 5.91 Å². The summed E-state index contributed by atoms with van der Waals surface area (Å²) in [5.41, 5.74) is 0.601. The van der Waals surface area contributed by atoms with Crippen LogP contribution >= 0.6 is 11.6 Å². The van der Waals surface area contributed by atoms with Crippen LogP contribution in [0.4, 0.5) is 0 Å². The molecule has 0 spiro atoms. The number of hydrogen-bond acceptors (Lipinski definition) is 5. The third kappa shape index (κ3) is 4.81. The molecule has 0 aromatic heterocycles. The number of aliphatic hydroxyl groups excluding tert-OH is 1. The summed E-state index contributed by atoms with van der Waals surface area (Å²) in [6, 6.07) is 3.37. The van der Waals surface area contributed by atoms with Crippen molar-refractivity contribution in [2.24, 2.45) is 11.8 Å². The first kappa shape index (κ1) is 19.3. The predicted molar refractivity (Wildman–Crippen MR) is 99.8 cm³/mol. The Labute approximate surface area is 159 Å². The topological polar surface area (TPSA) is 79.8 Å². The van der Waals surface area contributed by atoms with E-state index >= 15 is 0 Å². The maximum Gasteiger partial charge on any atom is 0.220 e. The molecule has 1 aromatic carbocycles. The summed E-state index contributed by atoms with van der Waals surface area (Å²) in [4.78, 5) is 12.2. The number of hydrogen-bond donors (Lipinski definition) is 3. The van der Waals surface area contributed by atoms with Crippen LogP contribution in [0, 0.1) is 11.8 Å². The standard InChI is InChI=1S/C19H27ClN2O4/c1-12(13-3-2-4-21-10-13)7-18(24)22-11-16(23)14-8-15(20)19-17(9-14)25-5-6-26-19/h8-9,12-13,16,21,23H,2-7,10-11H2,1H3,(H,22,24). The monoisotopic (exact) mass is 382 g/mol. The zero-order valence-corrected chi connectivity index (χ0v) is 15.8. The maximum absolute atomic E-state index is 12.2. The number of aliphatic hydroxyl groups is 1. The average Bonchev–Trinajstić information content (AvgIpc) is 2.66. The lowest BCUT2D eigenvalue weighted by molar-refractivity contribution is -0.122. The highest BCUT2D eigenvalue weighted by molar-refractivity contribution is 6.32. The fourth-order valence-electron chi connectivity index (χ4n) is 3.55. The third-order valence-corrected chi connectivity index (χ3v) is 5.42. The minimum Gasteiger partial charge on any atom is -0.486 e. The molecule has 1 aromatic rings. The van der Waals surface area contributed by atoms with Crippen LogP contribution in [0.2, 0.25) is 5.02 Å². The Morgan fingerprint density at radius 3 is 3.00 bits per heavy atom. The van der Waals surface area contributed by atoms with Crippen molar-refractivity contribution in [3.05, 3.63) is 22.7 Å². The number of carbonyl (C=O) groups excluding carboxylic acids is 1. The van der Waals surface area contributed by atoms with Crippen LogP contribution in [0.15, 0.2) is 12.1 Å². The number of benzene rings is 1. The summed E-state index contributed by atoms with van der Waals surface area (Å²) >= 11 is 6.20. The van der Waals surface area contributed by atoms with Gasteiger partial charge in [0.25, 0.3) is 0 Å². The first-order valence-electron chi connectivity index (χ1n) is 9.29. The number of ether oxygens (including phenoxy) is 2. The van der Waals surface area contributed by atoms with Gasteiger partial charge in [-0.3, -0.25) is 4.79 Å². The molecule has 1 amide bonds. The molecule has 2 heterocycles. The largest absolute Gasteiger partial charge is 0.486 e. The highest BCUT2D eigenvalue weighted by atomic mass is 35.5. The SMILES string of the molecule is CC(CC(=O)NCC(O)c1cc(Cl)c2c(c1)OCCO2)C1CCCNC1. The summed E-state index contributed by atoms with van der Waals surface area (Å²) < 4.78 is 11.0. The lowest BCUT2D eigenvalue weighted by atomic mass is 9.85. The van der Waals surface area contributed by atoms with Crippen LogP contribution in [-0.2, 0) is 4.79 Å². The maximum atomic E-state index is 12.2. The van der Waals surface area contributed by atoms with E-state index in [0.29, 0.717) is 53.6 Å². The normalized spacial score (nSPS) is 21.7. The highest BCUT2D eigenvalue weighted by Gasteiger charge is 2.23. The van der Waals surface area contributed by atoms with E-state index in [-0.39, 0.29) is 12.5 Å². The van der Waals surface area contributed by atoms with Crippen LogP contribution in [0.5, 0.6) is 11.5 Å². The molecular weight excluding hydrogens is 356 g/mol. The summed E-state index contributed by atoms with van der Waals surface area (Å²) in [5, 5.41) is 17.0. The smallest absolute Gasteiger partial charge is 0.220 e. The van der Waals surface area contributed by atoms with Crippen LogP contribution in [0.25, 0.3) is 0 Å². The fourth-order valence-corrected chi connectivity index (χ4v) is 3.82. The van der Waals surface area contributed by atoms with Gasteiger partial charge in [-0.1, -0.05) is 18.5 Å². The van der Waals surface area contributed by atoms with E-state index in [1.807, 2.05) is 0 Å². The van der Waals surface area contributed by atoms with Crippen LogP contribution < -0.4 is 20.1 Å². The Hall–Kier alpha value is -1.50. The van der Waals surface area contributed by atoms with Gasteiger partial charge in [-0.2, -0.15) is 0 Å². The van der Waals surface area contributed by atoms with Gasteiger partial charge in [-0.05, 0) is 55.5 Å².